The second-order valence-electron chi connectivity index (χ2n) is 6.13. The number of rotatable bonds is 6. The van der Waals surface area contributed by atoms with Gasteiger partial charge in [-0.1, -0.05) is 29.8 Å². The summed E-state index contributed by atoms with van der Waals surface area (Å²) in [6.45, 7) is 5.12. The van der Waals surface area contributed by atoms with E-state index in [1.54, 1.807) is 0 Å². The van der Waals surface area contributed by atoms with Crippen molar-refractivity contribution in [3.63, 3.8) is 0 Å². The first-order chi connectivity index (χ1) is 10.6. The van der Waals surface area contributed by atoms with Crippen LogP contribution in [-0.4, -0.2) is 37.0 Å². The first kappa shape index (κ1) is 20.2. The van der Waals surface area contributed by atoms with Crippen molar-refractivity contribution >= 4 is 29.9 Å². The van der Waals surface area contributed by atoms with E-state index in [9.17, 15) is 4.79 Å². The molecule has 0 radical (unpaired) electrons. The van der Waals surface area contributed by atoms with E-state index in [4.69, 9.17) is 17.3 Å². The Bertz CT molecular complexity index is 496. The molecule has 1 fully saturated rings. The average molecular weight is 360 g/mol. The van der Waals surface area contributed by atoms with Crippen LogP contribution in [0.1, 0.15) is 37.8 Å². The lowest BCUT2D eigenvalue weighted by molar-refractivity contribution is -0.123. The number of piperidine rings is 1. The first-order valence-electron chi connectivity index (χ1n) is 8.06. The van der Waals surface area contributed by atoms with Crippen LogP contribution in [0.2, 0.25) is 5.02 Å². The molecule has 2 rings (SSSR count). The highest BCUT2D eigenvalue weighted by molar-refractivity contribution is 6.31. The molecule has 6 heteroatoms. The Morgan fingerprint density at radius 1 is 1.48 bits per heavy atom. The molecule has 0 bridgehead atoms. The maximum atomic E-state index is 12.3. The number of likely N-dealkylation sites (tertiary alicyclic amines) is 1. The summed E-state index contributed by atoms with van der Waals surface area (Å²) >= 11 is 6.17. The van der Waals surface area contributed by atoms with Crippen molar-refractivity contribution < 1.29 is 4.79 Å². The molecular weight excluding hydrogens is 333 g/mol. The van der Waals surface area contributed by atoms with Gasteiger partial charge in [0, 0.05) is 11.6 Å². The van der Waals surface area contributed by atoms with Crippen molar-refractivity contribution in [2.24, 2.45) is 11.7 Å². The molecule has 0 saturated carbocycles. The molecule has 130 valence electrons. The third-order valence-corrected chi connectivity index (χ3v) is 4.64. The zero-order valence-electron chi connectivity index (χ0n) is 13.6. The van der Waals surface area contributed by atoms with Gasteiger partial charge in [-0.25, -0.2) is 0 Å². The molecule has 1 aliphatic heterocycles. The zero-order chi connectivity index (χ0) is 15.9. The molecule has 0 spiro atoms. The normalized spacial score (nSPS) is 19.7. The molecule has 1 heterocycles. The monoisotopic (exact) mass is 359 g/mol. The van der Waals surface area contributed by atoms with Gasteiger partial charge in [0.2, 0.25) is 5.91 Å². The van der Waals surface area contributed by atoms with E-state index in [1.165, 1.54) is 6.42 Å². The second-order valence-corrected chi connectivity index (χ2v) is 6.54. The van der Waals surface area contributed by atoms with Crippen LogP contribution in [0, 0.1) is 5.92 Å². The summed E-state index contributed by atoms with van der Waals surface area (Å²) in [7, 11) is 0. The van der Waals surface area contributed by atoms with Crippen LogP contribution in [0.3, 0.4) is 0 Å². The Labute approximate surface area is 150 Å². The van der Waals surface area contributed by atoms with Crippen molar-refractivity contribution in [2.75, 3.05) is 26.2 Å². The SMILES string of the molecule is CC(NC(=O)CN1CCCC(CCN)C1)c1ccccc1Cl.Cl. The smallest absolute Gasteiger partial charge is 0.234 e. The lowest BCUT2D eigenvalue weighted by atomic mass is 9.95. The molecule has 0 aromatic heterocycles. The lowest BCUT2D eigenvalue weighted by Gasteiger charge is -2.32. The summed E-state index contributed by atoms with van der Waals surface area (Å²) in [5.74, 6) is 0.688. The average Bonchev–Trinajstić information content (AvgIpc) is 2.48. The molecule has 2 atom stereocenters. The van der Waals surface area contributed by atoms with Crippen molar-refractivity contribution in [3.05, 3.63) is 34.9 Å². The Balaban J connectivity index is 0.00000264. The summed E-state index contributed by atoms with van der Waals surface area (Å²) in [5, 5.41) is 3.73. The number of hydrogen-bond acceptors (Lipinski definition) is 3. The van der Waals surface area contributed by atoms with Crippen LogP contribution in [0.4, 0.5) is 0 Å². The third-order valence-electron chi connectivity index (χ3n) is 4.29. The molecule has 1 aromatic rings. The highest BCUT2D eigenvalue weighted by Gasteiger charge is 2.21. The van der Waals surface area contributed by atoms with Crippen LogP contribution >= 0.6 is 24.0 Å². The highest BCUT2D eigenvalue weighted by atomic mass is 35.5. The van der Waals surface area contributed by atoms with Crippen molar-refractivity contribution in [2.45, 2.75) is 32.2 Å². The first-order valence-corrected chi connectivity index (χ1v) is 8.44. The number of nitrogens with zero attached hydrogens (tertiary/aromatic N) is 1. The van der Waals surface area contributed by atoms with Crippen LogP contribution in [0.25, 0.3) is 0 Å². The largest absolute Gasteiger partial charge is 0.348 e. The van der Waals surface area contributed by atoms with Crippen LogP contribution in [0.15, 0.2) is 24.3 Å². The summed E-state index contributed by atoms with van der Waals surface area (Å²) in [5.41, 5.74) is 6.60. The molecule has 1 aromatic carbocycles. The van der Waals surface area contributed by atoms with Gasteiger partial charge in [0.25, 0.3) is 0 Å². The number of benzene rings is 1. The number of carbonyl (C=O) groups is 1. The Hall–Kier alpha value is -0.810. The molecule has 3 N–H and O–H groups in total. The lowest BCUT2D eigenvalue weighted by Crippen LogP contribution is -2.43. The van der Waals surface area contributed by atoms with Crippen LogP contribution in [-0.2, 0) is 4.79 Å². The van der Waals surface area contributed by atoms with E-state index < -0.39 is 0 Å². The van der Waals surface area contributed by atoms with Crippen LogP contribution in [0.5, 0.6) is 0 Å². The minimum absolute atomic E-state index is 0. The van der Waals surface area contributed by atoms with Crippen molar-refractivity contribution in [1.29, 1.82) is 0 Å². The highest BCUT2D eigenvalue weighted by Crippen LogP contribution is 2.22. The summed E-state index contributed by atoms with van der Waals surface area (Å²) in [4.78, 5) is 14.5. The van der Waals surface area contributed by atoms with Gasteiger partial charge in [-0.2, -0.15) is 0 Å². The second kappa shape index (κ2) is 10.1. The molecular formula is C17H27Cl2N3O. The minimum atomic E-state index is -0.0779. The number of amides is 1. The van der Waals surface area contributed by atoms with Gasteiger partial charge in [-0.3, -0.25) is 9.69 Å². The fraction of sp³-hybridized carbons (Fsp3) is 0.588. The summed E-state index contributed by atoms with van der Waals surface area (Å²) < 4.78 is 0. The van der Waals surface area contributed by atoms with E-state index in [0.29, 0.717) is 17.5 Å². The van der Waals surface area contributed by atoms with Gasteiger partial charge in [0.15, 0.2) is 0 Å². The Kier molecular flexibility index (Phi) is 8.92. The molecule has 1 aliphatic rings. The molecule has 23 heavy (non-hydrogen) atoms. The topological polar surface area (TPSA) is 58.4 Å². The van der Waals surface area contributed by atoms with E-state index in [0.717, 1.165) is 38.0 Å². The number of nitrogens with two attached hydrogens (primary N) is 1. The van der Waals surface area contributed by atoms with Crippen molar-refractivity contribution in [3.8, 4) is 0 Å². The minimum Gasteiger partial charge on any atom is -0.348 e. The molecule has 2 unspecified atom stereocenters. The molecule has 4 nitrogen and oxygen atoms in total. The number of hydrogen-bond donors (Lipinski definition) is 2. The fourth-order valence-electron chi connectivity index (χ4n) is 3.16. The summed E-state index contributed by atoms with van der Waals surface area (Å²) in [6, 6.07) is 7.55. The van der Waals surface area contributed by atoms with Crippen LogP contribution < -0.4 is 11.1 Å². The van der Waals surface area contributed by atoms with Gasteiger partial charge < -0.3 is 11.1 Å². The number of carbonyl (C=O) groups excluding carboxylic acids is 1. The van der Waals surface area contributed by atoms with Gasteiger partial charge in [0.05, 0.1) is 12.6 Å². The van der Waals surface area contributed by atoms with Gasteiger partial charge >= 0.3 is 0 Å². The molecule has 0 aliphatic carbocycles. The maximum absolute atomic E-state index is 12.3. The molecule has 1 saturated heterocycles. The predicted octanol–water partition coefficient (Wildman–Crippen LogP) is 3.00. The van der Waals surface area contributed by atoms with E-state index >= 15 is 0 Å². The Morgan fingerprint density at radius 2 is 2.22 bits per heavy atom. The van der Waals surface area contributed by atoms with E-state index in [2.05, 4.69) is 10.2 Å². The number of halogens is 2. The maximum Gasteiger partial charge on any atom is 0.234 e. The van der Waals surface area contributed by atoms with Gasteiger partial charge in [-0.05, 0) is 56.8 Å². The zero-order valence-corrected chi connectivity index (χ0v) is 15.2. The standard InChI is InChI=1S/C17H26ClN3O.ClH/c1-13(15-6-2-3-7-16(15)18)20-17(22)12-21-10-4-5-14(11-21)8-9-19;/h2-3,6-7,13-14H,4-5,8-12,19H2,1H3,(H,20,22);1H. The quantitative estimate of drug-likeness (QED) is 0.820. The fourth-order valence-corrected chi connectivity index (χ4v) is 3.46. The van der Waals surface area contributed by atoms with Gasteiger partial charge in [0.1, 0.15) is 0 Å². The predicted molar refractivity (Wildman–Crippen MR) is 98.1 cm³/mol. The summed E-state index contributed by atoms with van der Waals surface area (Å²) in [6.07, 6.45) is 3.43. The molecule has 1 amide bonds. The number of nitrogens with one attached hydrogen (secondary N) is 1. The van der Waals surface area contributed by atoms with Crippen molar-refractivity contribution in [1.82, 2.24) is 10.2 Å². The van der Waals surface area contributed by atoms with E-state index in [1.807, 2.05) is 31.2 Å². The third kappa shape index (κ3) is 6.30. The Morgan fingerprint density at radius 3 is 2.91 bits per heavy atom. The van der Waals surface area contributed by atoms with E-state index in [-0.39, 0.29) is 24.4 Å². The van der Waals surface area contributed by atoms with Gasteiger partial charge in [-0.15, -0.1) is 12.4 Å².